The second kappa shape index (κ2) is 9.42. The van der Waals surface area contributed by atoms with Crippen molar-refractivity contribution in [3.8, 4) is 5.75 Å². The molecular formula is C19H28N4OS. The fourth-order valence-electron chi connectivity index (χ4n) is 2.24. The SMILES string of the molecule is CN=C(NCc1ncc(C)s1)NC(C)c1ccc(OCC(C)C)cc1. The third-order valence-electron chi connectivity index (χ3n) is 3.62. The molecule has 1 heterocycles. The minimum Gasteiger partial charge on any atom is -0.493 e. The molecule has 2 aromatic rings. The molecule has 1 aromatic carbocycles. The molecule has 6 heteroatoms. The summed E-state index contributed by atoms with van der Waals surface area (Å²) in [5.41, 5.74) is 1.19. The first-order valence-corrected chi connectivity index (χ1v) is 9.40. The monoisotopic (exact) mass is 360 g/mol. The first kappa shape index (κ1) is 19.2. The maximum absolute atomic E-state index is 5.73. The van der Waals surface area contributed by atoms with Gasteiger partial charge in [-0.05, 0) is 37.5 Å². The lowest BCUT2D eigenvalue weighted by Gasteiger charge is -2.18. The van der Waals surface area contributed by atoms with E-state index in [2.05, 4.69) is 60.4 Å². The van der Waals surface area contributed by atoms with E-state index in [4.69, 9.17) is 4.74 Å². The Bertz CT molecular complexity index is 679. The van der Waals surface area contributed by atoms with Crippen LogP contribution in [0.5, 0.6) is 5.75 Å². The van der Waals surface area contributed by atoms with Crippen LogP contribution in [0, 0.1) is 12.8 Å². The van der Waals surface area contributed by atoms with Gasteiger partial charge in [-0.1, -0.05) is 26.0 Å². The second-order valence-electron chi connectivity index (χ2n) is 6.43. The first-order chi connectivity index (χ1) is 12.0. The van der Waals surface area contributed by atoms with Crippen LogP contribution in [0.4, 0.5) is 0 Å². The third-order valence-corrected chi connectivity index (χ3v) is 4.53. The molecule has 0 saturated carbocycles. The summed E-state index contributed by atoms with van der Waals surface area (Å²) in [7, 11) is 1.78. The van der Waals surface area contributed by atoms with Gasteiger partial charge in [0.1, 0.15) is 10.8 Å². The maximum atomic E-state index is 5.73. The van der Waals surface area contributed by atoms with E-state index < -0.39 is 0 Å². The number of hydrogen-bond donors (Lipinski definition) is 2. The highest BCUT2D eigenvalue weighted by atomic mass is 32.1. The van der Waals surface area contributed by atoms with Crippen molar-refractivity contribution in [3.05, 3.63) is 45.9 Å². The second-order valence-corrected chi connectivity index (χ2v) is 7.75. The van der Waals surface area contributed by atoms with Gasteiger partial charge in [-0.3, -0.25) is 4.99 Å². The molecule has 0 fully saturated rings. The molecule has 0 radical (unpaired) electrons. The van der Waals surface area contributed by atoms with Crippen LogP contribution >= 0.6 is 11.3 Å². The third kappa shape index (κ3) is 6.38. The zero-order valence-electron chi connectivity index (χ0n) is 15.7. The maximum Gasteiger partial charge on any atom is 0.191 e. The predicted molar refractivity (Wildman–Crippen MR) is 105 cm³/mol. The Balaban J connectivity index is 1.87. The van der Waals surface area contributed by atoms with Gasteiger partial charge >= 0.3 is 0 Å². The van der Waals surface area contributed by atoms with Crippen molar-refractivity contribution in [1.29, 1.82) is 0 Å². The fourth-order valence-corrected chi connectivity index (χ4v) is 2.97. The van der Waals surface area contributed by atoms with Gasteiger partial charge < -0.3 is 15.4 Å². The summed E-state index contributed by atoms with van der Waals surface area (Å²) >= 11 is 1.69. The Morgan fingerprint density at radius 2 is 1.96 bits per heavy atom. The molecule has 0 saturated heterocycles. The Kier molecular flexibility index (Phi) is 7.25. The number of ether oxygens (including phenoxy) is 1. The van der Waals surface area contributed by atoms with Gasteiger partial charge in [0, 0.05) is 18.1 Å². The molecule has 0 aliphatic carbocycles. The minimum absolute atomic E-state index is 0.142. The summed E-state index contributed by atoms with van der Waals surface area (Å²) in [4.78, 5) is 9.86. The largest absolute Gasteiger partial charge is 0.493 e. The minimum atomic E-state index is 0.142. The standard InChI is InChI=1S/C19H28N4OS/c1-13(2)12-24-17-8-6-16(7-9-17)15(4)23-19(20-5)22-11-18-21-10-14(3)25-18/h6-10,13,15H,11-12H2,1-5H3,(H2,20,22,23). The molecule has 0 amide bonds. The zero-order chi connectivity index (χ0) is 18.2. The van der Waals surface area contributed by atoms with Crippen LogP contribution in [-0.2, 0) is 6.54 Å². The van der Waals surface area contributed by atoms with Gasteiger partial charge in [-0.15, -0.1) is 11.3 Å². The number of benzene rings is 1. The average molecular weight is 361 g/mol. The smallest absolute Gasteiger partial charge is 0.191 e. The van der Waals surface area contributed by atoms with Gasteiger partial charge in [0.2, 0.25) is 0 Å². The van der Waals surface area contributed by atoms with E-state index in [1.807, 2.05) is 18.3 Å². The lowest BCUT2D eigenvalue weighted by atomic mass is 10.1. The number of rotatable bonds is 7. The quantitative estimate of drug-likeness (QED) is 0.580. The molecular weight excluding hydrogens is 332 g/mol. The topological polar surface area (TPSA) is 58.5 Å². The molecule has 0 spiro atoms. The Labute approximate surface area is 154 Å². The average Bonchev–Trinajstić information content (AvgIpc) is 3.02. The summed E-state index contributed by atoms with van der Waals surface area (Å²) in [6, 6.07) is 8.35. The van der Waals surface area contributed by atoms with Crippen molar-refractivity contribution in [2.45, 2.75) is 40.3 Å². The molecule has 1 unspecified atom stereocenters. The van der Waals surface area contributed by atoms with Gasteiger partial charge in [0.15, 0.2) is 5.96 Å². The number of thiazole rings is 1. The van der Waals surface area contributed by atoms with E-state index in [1.165, 1.54) is 10.4 Å². The van der Waals surface area contributed by atoms with Gasteiger partial charge in [-0.25, -0.2) is 4.98 Å². The lowest BCUT2D eigenvalue weighted by molar-refractivity contribution is 0.271. The Hall–Kier alpha value is -2.08. The number of hydrogen-bond acceptors (Lipinski definition) is 4. The summed E-state index contributed by atoms with van der Waals surface area (Å²) in [5.74, 6) is 2.20. The van der Waals surface area contributed by atoms with Crippen molar-refractivity contribution >= 4 is 17.3 Å². The van der Waals surface area contributed by atoms with Crippen molar-refractivity contribution in [1.82, 2.24) is 15.6 Å². The van der Waals surface area contributed by atoms with Gasteiger partial charge in [-0.2, -0.15) is 0 Å². The van der Waals surface area contributed by atoms with Crippen LogP contribution in [0.2, 0.25) is 0 Å². The Morgan fingerprint density at radius 1 is 1.24 bits per heavy atom. The Morgan fingerprint density at radius 3 is 2.52 bits per heavy atom. The number of guanidine groups is 1. The summed E-state index contributed by atoms with van der Waals surface area (Å²) in [5, 5.41) is 7.77. The lowest BCUT2D eigenvalue weighted by Crippen LogP contribution is -2.38. The van der Waals surface area contributed by atoms with Crippen molar-refractivity contribution in [3.63, 3.8) is 0 Å². The van der Waals surface area contributed by atoms with Gasteiger partial charge in [0.25, 0.3) is 0 Å². The van der Waals surface area contributed by atoms with Crippen molar-refractivity contribution in [2.24, 2.45) is 10.9 Å². The number of nitrogens with one attached hydrogen (secondary N) is 2. The van der Waals surface area contributed by atoms with Crippen LogP contribution in [0.3, 0.4) is 0 Å². The zero-order valence-corrected chi connectivity index (χ0v) is 16.5. The molecule has 2 N–H and O–H groups in total. The van der Waals surface area contributed by atoms with Crippen molar-refractivity contribution in [2.75, 3.05) is 13.7 Å². The normalized spacial score (nSPS) is 13.0. The van der Waals surface area contributed by atoms with Crippen LogP contribution < -0.4 is 15.4 Å². The van der Waals surface area contributed by atoms with Crippen LogP contribution in [-0.4, -0.2) is 24.6 Å². The van der Waals surface area contributed by atoms with E-state index in [0.29, 0.717) is 12.5 Å². The number of aryl methyl sites for hydroxylation is 1. The van der Waals surface area contributed by atoms with E-state index in [1.54, 1.807) is 18.4 Å². The fraction of sp³-hybridized carbons (Fsp3) is 0.474. The number of aromatic nitrogens is 1. The summed E-state index contributed by atoms with van der Waals surface area (Å²) < 4.78 is 5.73. The van der Waals surface area contributed by atoms with E-state index in [0.717, 1.165) is 23.3 Å². The highest BCUT2D eigenvalue weighted by molar-refractivity contribution is 7.11. The van der Waals surface area contributed by atoms with E-state index in [9.17, 15) is 0 Å². The predicted octanol–water partition coefficient (Wildman–Crippen LogP) is 3.91. The number of nitrogens with zero attached hydrogens (tertiary/aromatic N) is 2. The molecule has 1 atom stereocenters. The molecule has 0 bridgehead atoms. The van der Waals surface area contributed by atoms with Gasteiger partial charge in [0.05, 0.1) is 19.2 Å². The van der Waals surface area contributed by atoms with E-state index >= 15 is 0 Å². The van der Waals surface area contributed by atoms with Crippen LogP contribution in [0.15, 0.2) is 35.5 Å². The highest BCUT2D eigenvalue weighted by Crippen LogP contribution is 2.18. The number of aliphatic imine (C=N–C) groups is 1. The van der Waals surface area contributed by atoms with E-state index in [-0.39, 0.29) is 6.04 Å². The molecule has 5 nitrogen and oxygen atoms in total. The molecule has 25 heavy (non-hydrogen) atoms. The molecule has 2 rings (SSSR count). The molecule has 136 valence electrons. The van der Waals surface area contributed by atoms with Crippen molar-refractivity contribution < 1.29 is 4.74 Å². The molecule has 1 aromatic heterocycles. The molecule has 0 aliphatic heterocycles. The summed E-state index contributed by atoms with van der Waals surface area (Å²) in [6.07, 6.45) is 1.89. The first-order valence-electron chi connectivity index (χ1n) is 8.59. The van der Waals surface area contributed by atoms with Crippen LogP contribution in [0.1, 0.15) is 42.3 Å². The molecule has 0 aliphatic rings. The van der Waals surface area contributed by atoms with Crippen LogP contribution in [0.25, 0.3) is 0 Å². The summed E-state index contributed by atoms with van der Waals surface area (Å²) in [6.45, 7) is 9.88. The highest BCUT2D eigenvalue weighted by Gasteiger charge is 2.09.